The quantitative estimate of drug-likeness (QED) is 0.435. The maximum atomic E-state index is 14.1. The summed E-state index contributed by atoms with van der Waals surface area (Å²) in [6, 6.07) is 20.0. The molecule has 31 heavy (non-hydrogen) atoms. The molecule has 1 amide bonds. The van der Waals surface area contributed by atoms with Gasteiger partial charge in [-0.15, -0.1) is 0 Å². The van der Waals surface area contributed by atoms with Gasteiger partial charge in [-0.3, -0.25) is 4.79 Å². The Morgan fingerprint density at radius 2 is 1.61 bits per heavy atom. The molecule has 1 aromatic heterocycles. The Morgan fingerprint density at radius 1 is 0.871 bits per heavy atom. The highest BCUT2D eigenvalue weighted by Gasteiger charge is 2.20. The fourth-order valence-corrected chi connectivity index (χ4v) is 3.46. The average molecular weight is 413 g/mol. The smallest absolute Gasteiger partial charge is 0.274 e. The van der Waals surface area contributed by atoms with Gasteiger partial charge < -0.3 is 5.32 Å². The summed E-state index contributed by atoms with van der Waals surface area (Å²) in [6.45, 7) is 8.08. The highest BCUT2D eigenvalue weighted by Crippen LogP contribution is 2.26. The molecule has 156 valence electrons. The molecule has 0 fully saturated rings. The summed E-state index contributed by atoms with van der Waals surface area (Å²) in [5, 5.41) is 7.45. The Balaban J connectivity index is 1.84. The Labute approximate surface area is 181 Å². The summed E-state index contributed by atoms with van der Waals surface area (Å²) < 4.78 is 15.8. The minimum atomic E-state index is -0.483. The monoisotopic (exact) mass is 413 g/mol. The molecule has 0 atom stereocenters. The van der Waals surface area contributed by atoms with E-state index >= 15 is 0 Å². The van der Waals surface area contributed by atoms with Crippen LogP contribution in [-0.4, -0.2) is 15.7 Å². The SMILES string of the molecule is Cc1ccc(C)c(-n2nc(-c3ccc(C)c(C)c3)cc2C(=O)Nc2ccccc2F)c1. The van der Waals surface area contributed by atoms with Crippen LogP contribution in [-0.2, 0) is 0 Å². The van der Waals surface area contributed by atoms with Crippen molar-refractivity contribution in [3.05, 3.63) is 100 Å². The molecule has 1 N–H and O–H groups in total. The van der Waals surface area contributed by atoms with E-state index in [-0.39, 0.29) is 5.69 Å². The Hall–Kier alpha value is -3.73. The topological polar surface area (TPSA) is 46.9 Å². The van der Waals surface area contributed by atoms with E-state index in [1.54, 1.807) is 22.9 Å². The van der Waals surface area contributed by atoms with E-state index in [0.29, 0.717) is 11.4 Å². The molecule has 5 heteroatoms. The van der Waals surface area contributed by atoms with Crippen molar-refractivity contribution in [3.8, 4) is 16.9 Å². The Bertz CT molecular complexity index is 1290. The molecule has 0 aliphatic heterocycles. The lowest BCUT2D eigenvalue weighted by Crippen LogP contribution is -2.18. The Kier molecular flexibility index (Phi) is 5.42. The van der Waals surface area contributed by atoms with Crippen LogP contribution in [0.4, 0.5) is 10.1 Å². The first-order valence-electron chi connectivity index (χ1n) is 10.1. The highest BCUT2D eigenvalue weighted by molar-refractivity contribution is 6.04. The summed E-state index contributed by atoms with van der Waals surface area (Å²) in [7, 11) is 0. The van der Waals surface area contributed by atoms with E-state index < -0.39 is 11.7 Å². The third-order valence-corrected chi connectivity index (χ3v) is 5.46. The molecule has 0 saturated carbocycles. The standard InChI is InChI=1S/C26H24FN3O/c1-16-9-10-18(3)24(13-16)30-25(26(31)28-22-8-6-5-7-21(22)27)15-23(29-30)20-12-11-17(2)19(4)14-20/h5-15H,1-4H3,(H,28,31). The maximum absolute atomic E-state index is 14.1. The molecule has 4 rings (SSSR count). The van der Waals surface area contributed by atoms with Gasteiger partial charge in [0.1, 0.15) is 11.5 Å². The van der Waals surface area contributed by atoms with Gasteiger partial charge in [-0.05, 0) is 80.3 Å². The van der Waals surface area contributed by atoms with E-state index in [2.05, 4.69) is 18.3 Å². The molecule has 0 saturated heterocycles. The van der Waals surface area contributed by atoms with Crippen molar-refractivity contribution < 1.29 is 9.18 Å². The van der Waals surface area contributed by atoms with E-state index in [1.165, 1.54) is 17.7 Å². The predicted octanol–water partition coefficient (Wildman–Crippen LogP) is 6.16. The van der Waals surface area contributed by atoms with Gasteiger partial charge in [0, 0.05) is 5.56 Å². The number of nitrogens with one attached hydrogen (secondary N) is 1. The van der Waals surface area contributed by atoms with Crippen LogP contribution in [0.1, 0.15) is 32.7 Å². The van der Waals surface area contributed by atoms with Crippen LogP contribution in [0.25, 0.3) is 16.9 Å². The van der Waals surface area contributed by atoms with E-state index in [0.717, 1.165) is 27.9 Å². The molecule has 0 unspecified atom stereocenters. The maximum Gasteiger partial charge on any atom is 0.274 e. The number of nitrogens with zero attached hydrogens (tertiary/aromatic N) is 2. The number of halogens is 1. The number of hydrogen-bond acceptors (Lipinski definition) is 2. The van der Waals surface area contributed by atoms with Crippen molar-refractivity contribution in [2.24, 2.45) is 0 Å². The lowest BCUT2D eigenvalue weighted by molar-refractivity contribution is 0.101. The van der Waals surface area contributed by atoms with E-state index in [4.69, 9.17) is 5.10 Å². The summed E-state index contributed by atoms with van der Waals surface area (Å²) in [5.41, 5.74) is 7.28. The number of aromatic nitrogens is 2. The number of carbonyl (C=O) groups is 1. The molecule has 4 nitrogen and oxygen atoms in total. The van der Waals surface area contributed by atoms with Crippen LogP contribution < -0.4 is 5.32 Å². The number of aryl methyl sites for hydroxylation is 4. The molecule has 0 aliphatic rings. The van der Waals surface area contributed by atoms with E-state index in [9.17, 15) is 9.18 Å². The second-order valence-corrected chi connectivity index (χ2v) is 7.85. The van der Waals surface area contributed by atoms with Crippen LogP contribution in [0.15, 0.2) is 66.7 Å². The van der Waals surface area contributed by atoms with Gasteiger partial charge in [-0.1, -0.05) is 36.4 Å². The number of anilines is 1. The van der Waals surface area contributed by atoms with Gasteiger partial charge in [-0.25, -0.2) is 9.07 Å². The number of para-hydroxylation sites is 1. The highest BCUT2D eigenvalue weighted by atomic mass is 19.1. The zero-order chi connectivity index (χ0) is 22.1. The minimum Gasteiger partial charge on any atom is -0.318 e. The van der Waals surface area contributed by atoms with Crippen LogP contribution in [0.3, 0.4) is 0 Å². The van der Waals surface area contributed by atoms with Crippen molar-refractivity contribution in [2.75, 3.05) is 5.32 Å². The number of hydrogen-bond donors (Lipinski definition) is 1. The molecule has 0 aliphatic carbocycles. The van der Waals surface area contributed by atoms with Gasteiger partial charge in [0.2, 0.25) is 0 Å². The first-order valence-corrected chi connectivity index (χ1v) is 10.1. The van der Waals surface area contributed by atoms with Gasteiger partial charge in [-0.2, -0.15) is 5.10 Å². The number of amides is 1. The number of carbonyl (C=O) groups excluding carboxylic acids is 1. The fraction of sp³-hybridized carbons (Fsp3) is 0.154. The van der Waals surface area contributed by atoms with Crippen LogP contribution in [0, 0.1) is 33.5 Å². The summed E-state index contributed by atoms with van der Waals surface area (Å²) in [4.78, 5) is 13.2. The van der Waals surface area contributed by atoms with Gasteiger partial charge in [0.25, 0.3) is 5.91 Å². The lowest BCUT2D eigenvalue weighted by atomic mass is 10.0. The summed E-state index contributed by atoms with van der Waals surface area (Å²) >= 11 is 0. The molecule has 1 heterocycles. The molecule has 3 aromatic carbocycles. The largest absolute Gasteiger partial charge is 0.318 e. The molecule has 0 bridgehead atoms. The molecular formula is C26H24FN3O. The van der Waals surface area contributed by atoms with Crippen molar-refractivity contribution in [3.63, 3.8) is 0 Å². The molecule has 0 spiro atoms. The average Bonchev–Trinajstić information content (AvgIpc) is 3.19. The predicted molar refractivity (Wildman–Crippen MR) is 122 cm³/mol. The second kappa shape index (κ2) is 8.19. The van der Waals surface area contributed by atoms with E-state index in [1.807, 2.05) is 51.1 Å². The zero-order valence-corrected chi connectivity index (χ0v) is 18.0. The van der Waals surface area contributed by atoms with Crippen molar-refractivity contribution in [2.45, 2.75) is 27.7 Å². The number of benzene rings is 3. The van der Waals surface area contributed by atoms with Crippen LogP contribution in [0.5, 0.6) is 0 Å². The molecule has 4 aromatic rings. The molecule has 0 radical (unpaired) electrons. The minimum absolute atomic E-state index is 0.133. The van der Waals surface area contributed by atoms with Crippen LogP contribution >= 0.6 is 0 Å². The molecular weight excluding hydrogens is 389 g/mol. The van der Waals surface area contributed by atoms with Crippen LogP contribution in [0.2, 0.25) is 0 Å². The zero-order valence-electron chi connectivity index (χ0n) is 18.0. The third-order valence-electron chi connectivity index (χ3n) is 5.46. The van der Waals surface area contributed by atoms with Crippen molar-refractivity contribution in [1.82, 2.24) is 9.78 Å². The third kappa shape index (κ3) is 4.12. The summed E-state index contributed by atoms with van der Waals surface area (Å²) in [6.07, 6.45) is 0. The lowest BCUT2D eigenvalue weighted by Gasteiger charge is -2.12. The van der Waals surface area contributed by atoms with Gasteiger partial charge in [0.15, 0.2) is 0 Å². The van der Waals surface area contributed by atoms with Gasteiger partial charge >= 0.3 is 0 Å². The first-order chi connectivity index (χ1) is 14.8. The van der Waals surface area contributed by atoms with Crippen molar-refractivity contribution >= 4 is 11.6 Å². The van der Waals surface area contributed by atoms with Crippen molar-refractivity contribution in [1.29, 1.82) is 0 Å². The summed E-state index contributed by atoms with van der Waals surface area (Å²) in [5.74, 6) is -0.906. The normalized spacial score (nSPS) is 10.9. The Morgan fingerprint density at radius 3 is 2.35 bits per heavy atom. The second-order valence-electron chi connectivity index (χ2n) is 7.85. The number of rotatable bonds is 4. The van der Waals surface area contributed by atoms with Gasteiger partial charge in [0.05, 0.1) is 17.1 Å². The fourth-order valence-electron chi connectivity index (χ4n) is 3.46. The first kappa shape index (κ1) is 20.5.